The van der Waals surface area contributed by atoms with Gasteiger partial charge in [-0.2, -0.15) is 0 Å². The maximum Gasteiger partial charge on any atom is 0.349 e. The summed E-state index contributed by atoms with van der Waals surface area (Å²) in [7, 11) is 2.70. The smallest absolute Gasteiger partial charge is 0.349 e. The molecule has 2 aromatic rings. The van der Waals surface area contributed by atoms with E-state index < -0.39 is 11.9 Å². The number of rotatable bonds is 6. The fraction of sp³-hybridized carbons (Fsp3) is 0.263. The Morgan fingerprint density at radius 3 is 2.24 bits per heavy atom. The summed E-state index contributed by atoms with van der Waals surface area (Å²) in [5.74, 6) is 0.0299. The van der Waals surface area contributed by atoms with Gasteiger partial charge in [-0.3, -0.25) is 0 Å². The largest absolute Gasteiger partial charge is 0.493 e. The minimum Gasteiger partial charge on any atom is -0.493 e. The van der Waals surface area contributed by atoms with Gasteiger partial charge in [-0.1, -0.05) is 18.2 Å². The molecular weight excluding hydrogens is 324 g/mol. The van der Waals surface area contributed by atoms with E-state index in [0.29, 0.717) is 11.3 Å². The normalized spacial score (nSPS) is 10.1. The van der Waals surface area contributed by atoms with Gasteiger partial charge in [0.1, 0.15) is 5.75 Å². The van der Waals surface area contributed by atoms with E-state index in [4.69, 9.17) is 14.2 Å². The van der Waals surface area contributed by atoms with Crippen molar-refractivity contribution in [3.8, 4) is 17.2 Å². The number of benzene rings is 2. The number of esters is 2. The first kappa shape index (κ1) is 18.3. The van der Waals surface area contributed by atoms with Crippen molar-refractivity contribution in [2.24, 2.45) is 0 Å². The maximum absolute atomic E-state index is 12.1. The Kier molecular flexibility index (Phi) is 6.00. The monoisotopic (exact) mass is 344 g/mol. The fourth-order valence-electron chi connectivity index (χ4n) is 2.31. The standard InChI is InChI=1S/C19H20O6/c1-12-6-5-7-13(2)18(12)24-11-17(20)25-15-9-8-14(19(21)23-4)10-16(15)22-3/h5-10H,11H2,1-4H3. The molecule has 0 aromatic heterocycles. The number of carbonyl (C=O) groups is 2. The van der Waals surface area contributed by atoms with E-state index in [1.165, 1.54) is 32.4 Å². The van der Waals surface area contributed by atoms with Crippen LogP contribution in [0.1, 0.15) is 21.5 Å². The van der Waals surface area contributed by atoms with Crippen LogP contribution in [0, 0.1) is 13.8 Å². The van der Waals surface area contributed by atoms with Crippen molar-refractivity contribution < 1.29 is 28.5 Å². The molecule has 0 fully saturated rings. The molecule has 0 aliphatic carbocycles. The van der Waals surface area contributed by atoms with Gasteiger partial charge in [-0.25, -0.2) is 9.59 Å². The van der Waals surface area contributed by atoms with E-state index in [1.807, 2.05) is 32.0 Å². The minimum absolute atomic E-state index is 0.199. The lowest BCUT2D eigenvalue weighted by Gasteiger charge is -2.13. The molecule has 6 nitrogen and oxygen atoms in total. The average Bonchev–Trinajstić information content (AvgIpc) is 2.61. The van der Waals surface area contributed by atoms with Crippen LogP contribution in [0.2, 0.25) is 0 Å². The molecule has 2 rings (SSSR count). The molecule has 132 valence electrons. The molecule has 0 spiro atoms. The molecule has 2 aromatic carbocycles. The van der Waals surface area contributed by atoms with Gasteiger partial charge in [0.05, 0.1) is 19.8 Å². The van der Waals surface area contributed by atoms with E-state index in [1.54, 1.807) is 0 Å². The Morgan fingerprint density at radius 1 is 0.960 bits per heavy atom. The zero-order valence-corrected chi connectivity index (χ0v) is 14.6. The Hall–Kier alpha value is -3.02. The number of methoxy groups -OCH3 is 2. The summed E-state index contributed by atoms with van der Waals surface area (Å²) in [4.78, 5) is 23.6. The molecule has 0 aliphatic heterocycles. The van der Waals surface area contributed by atoms with E-state index >= 15 is 0 Å². The van der Waals surface area contributed by atoms with Crippen molar-refractivity contribution in [3.05, 3.63) is 53.1 Å². The van der Waals surface area contributed by atoms with Crippen LogP contribution in [0.4, 0.5) is 0 Å². The Balaban J connectivity index is 2.06. The Labute approximate surface area is 146 Å². The zero-order valence-electron chi connectivity index (χ0n) is 14.6. The van der Waals surface area contributed by atoms with Gasteiger partial charge < -0.3 is 18.9 Å². The molecule has 0 unspecified atom stereocenters. The molecule has 0 bridgehead atoms. The summed E-state index contributed by atoms with van der Waals surface area (Å²) in [6.45, 7) is 3.57. The van der Waals surface area contributed by atoms with Crippen molar-refractivity contribution in [1.29, 1.82) is 0 Å². The lowest BCUT2D eigenvalue weighted by Crippen LogP contribution is -2.18. The lowest BCUT2D eigenvalue weighted by atomic mass is 10.1. The second-order valence-corrected chi connectivity index (χ2v) is 5.34. The third kappa shape index (κ3) is 4.50. The van der Waals surface area contributed by atoms with Crippen LogP contribution < -0.4 is 14.2 Å². The van der Waals surface area contributed by atoms with Crippen LogP contribution in [-0.2, 0) is 9.53 Å². The Bertz CT molecular complexity index is 761. The molecule has 0 aliphatic rings. The SMILES string of the molecule is COC(=O)c1ccc(OC(=O)COc2c(C)cccc2C)c(OC)c1. The van der Waals surface area contributed by atoms with Gasteiger partial charge in [-0.15, -0.1) is 0 Å². The van der Waals surface area contributed by atoms with E-state index in [-0.39, 0.29) is 18.1 Å². The van der Waals surface area contributed by atoms with Crippen LogP contribution in [0.3, 0.4) is 0 Å². The number of carbonyl (C=O) groups excluding carboxylic acids is 2. The van der Waals surface area contributed by atoms with Crippen molar-refractivity contribution in [1.82, 2.24) is 0 Å². The maximum atomic E-state index is 12.1. The summed E-state index contributed by atoms with van der Waals surface area (Å²) < 4.78 is 20.6. The molecule has 0 heterocycles. The van der Waals surface area contributed by atoms with Crippen LogP contribution in [0.5, 0.6) is 17.2 Å². The van der Waals surface area contributed by atoms with E-state index in [0.717, 1.165) is 11.1 Å². The van der Waals surface area contributed by atoms with Crippen molar-refractivity contribution in [3.63, 3.8) is 0 Å². The van der Waals surface area contributed by atoms with Crippen molar-refractivity contribution >= 4 is 11.9 Å². The van der Waals surface area contributed by atoms with Crippen LogP contribution in [0.15, 0.2) is 36.4 Å². The van der Waals surface area contributed by atoms with Crippen LogP contribution in [-0.4, -0.2) is 32.8 Å². The Morgan fingerprint density at radius 2 is 1.64 bits per heavy atom. The van der Waals surface area contributed by atoms with Crippen LogP contribution >= 0.6 is 0 Å². The van der Waals surface area contributed by atoms with E-state index in [9.17, 15) is 9.59 Å². The molecule has 0 N–H and O–H groups in total. The van der Waals surface area contributed by atoms with Gasteiger partial charge in [-0.05, 0) is 43.2 Å². The highest BCUT2D eigenvalue weighted by molar-refractivity contribution is 5.90. The fourth-order valence-corrected chi connectivity index (χ4v) is 2.31. The van der Waals surface area contributed by atoms with Crippen molar-refractivity contribution in [2.75, 3.05) is 20.8 Å². The molecule has 0 radical (unpaired) electrons. The molecule has 0 amide bonds. The average molecular weight is 344 g/mol. The third-order valence-electron chi connectivity index (χ3n) is 3.55. The van der Waals surface area contributed by atoms with Crippen molar-refractivity contribution in [2.45, 2.75) is 13.8 Å². The first-order valence-electron chi connectivity index (χ1n) is 7.62. The highest BCUT2D eigenvalue weighted by atomic mass is 16.6. The predicted molar refractivity (Wildman–Crippen MR) is 91.4 cm³/mol. The molecule has 0 saturated carbocycles. The number of para-hydroxylation sites is 1. The summed E-state index contributed by atoms with van der Waals surface area (Å²) in [6.07, 6.45) is 0. The van der Waals surface area contributed by atoms with Gasteiger partial charge in [0, 0.05) is 0 Å². The van der Waals surface area contributed by atoms with Gasteiger partial charge in [0.2, 0.25) is 0 Å². The van der Waals surface area contributed by atoms with E-state index in [2.05, 4.69) is 4.74 Å². The topological polar surface area (TPSA) is 71.1 Å². The second-order valence-electron chi connectivity index (χ2n) is 5.34. The van der Waals surface area contributed by atoms with Gasteiger partial charge in [0.25, 0.3) is 0 Å². The number of hydrogen-bond acceptors (Lipinski definition) is 6. The van der Waals surface area contributed by atoms with Crippen LogP contribution in [0.25, 0.3) is 0 Å². The number of hydrogen-bond donors (Lipinski definition) is 0. The summed E-state index contributed by atoms with van der Waals surface area (Å²) >= 11 is 0. The number of ether oxygens (including phenoxy) is 4. The lowest BCUT2D eigenvalue weighted by molar-refractivity contribution is -0.136. The first-order valence-corrected chi connectivity index (χ1v) is 7.62. The molecule has 0 atom stereocenters. The minimum atomic E-state index is -0.577. The predicted octanol–water partition coefficient (Wildman–Crippen LogP) is 3.08. The molecule has 25 heavy (non-hydrogen) atoms. The zero-order chi connectivity index (χ0) is 18.4. The summed E-state index contributed by atoms with van der Waals surface area (Å²) in [6, 6.07) is 10.1. The summed E-state index contributed by atoms with van der Waals surface area (Å²) in [5, 5.41) is 0. The second kappa shape index (κ2) is 8.19. The van der Waals surface area contributed by atoms with Gasteiger partial charge >= 0.3 is 11.9 Å². The summed E-state index contributed by atoms with van der Waals surface area (Å²) in [5.41, 5.74) is 2.17. The first-order chi connectivity index (χ1) is 12.0. The number of aryl methyl sites for hydroxylation is 2. The molecule has 6 heteroatoms. The van der Waals surface area contributed by atoms with Gasteiger partial charge in [0.15, 0.2) is 18.1 Å². The highest BCUT2D eigenvalue weighted by Gasteiger charge is 2.15. The third-order valence-corrected chi connectivity index (χ3v) is 3.55. The molecular formula is C19H20O6. The molecule has 0 saturated heterocycles. The quantitative estimate of drug-likeness (QED) is 0.592. The highest BCUT2D eigenvalue weighted by Crippen LogP contribution is 2.29.